The summed E-state index contributed by atoms with van der Waals surface area (Å²) in [5.41, 5.74) is 1.21. The molecule has 7 heteroatoms. The topological polar surface area (TPSA) is 78.6 Å². The first-order valence-electron chi connectivity index (χ1n) is 7.39. The van der Waals surface area contributed by atoms with Crippen LogP contribution in [0.5, 0.6) is 0 Å². The van der Waals surface area contributed by atoms with Crippen LogP contribution in [-0.2, 0) is 16.1 Å². The molecule has 0 unspecified atom stereocenters. The van der Waals surface area contributed by atoms with E-state index >= 15 is 0 Å². The molecule has 6 nitrogen and oxygen atoms in total. The smallest absolute Gasteiger partial charge is 0.341 e. The Morgan fingerprint density at radius 3 is 2.68 bits per heavy atom. The van der Waals surface area contributed by atoms with Crippen LogP contribution in [0, 0.1) is 6.92 Å². The minimum atomic E-state index is -0.561. The van der Waals surface area contributed by atoms with E-state index in [-0.39, 0.29) is 11.8 Å². The van der Waals surface area contributed by atoms with Crippen LogP contribution < -0.4 is 0 Å². The van der Waals surface area contributed by atoms with Crippen LogP contribution in [0.1, 0.15) is 32.2 Å². The number of benzene rings is 1. The number of nitrogens with zero attached hydrogens (tertiary/aromatic N) is 1. The summed E-state index contributed by atoms with van der Waals surface area (Å²) in [6, 6.07) is 10.1. The van der Waals surface area contributed by atoms with Crippen molar-refractivity contribution in [1.29, 1.82) is 0 Å². The number of aryl methyl sites for hydroxylation is 1. The van der Waals surface area contributed by atoms with Gasteiger partial charge in [0.15, 0.2) is 0 Å². The molecule has 25 heavy (non-hydrogen) atoms. The van der Waals surface area contributed by atoms with E-state index in [9.17, 15) is 9.59 Å². The number of pyridine rings is 1. The molecule has 1 aromatic carbocycles. The van der Waals surface area contributed by atoms with Gasteiger partial charge < -0.3 is 13.9 Å². The highest BCUT2D eigenvalue weighted by Gasteiger charge is 2.18. The Hall–Kier alpha value is -2.86. The van der Waals surface area contributed by atoms with Gasteiger partial charge in [0.1, 0.15) is 28.8 Å². The molecule has 2 heterocycles. The van der Waals surface area contributed by atoms with Crippen LogP contribution in [0.15, 0.2) is 40.8 Å². The van der Waals surface area contributed by atoms with Gasteiger partial charge >= 0.3 is 11.9 Å². The summed E-state index contributed by atoms with van der Waals surface area (Å²) in [5.74, 6) is -0.328. The van der Waals surface area contributed by atoms with E-state index in [1.807, 2.05) is 0 Å². The summed E-state index contributed by atoms with van der Waals surface area (Å²) < 4.78 is 15.4. The van der Waals surface area contributed by atoms with E-state index in [1.165, 1.54) is 19.2 Å². The van der Waals surface area contributed by atoms with Crippen molar-refractivity contribution in [3.63, 3.8) is 0 Å². The van der Waals surface area contributed by atoms with Crippen molar-refractivity contribution in [2.45, 2.75) is 13.5 Å². The third-order valence-electron chi connectivity index (χ3n) is 3.62. The van der Waals surface area contributed by atoms with Crippen molar-refractivity contribution < 1.29 is 23.5 Å². The largest absolute Gasteiger partial charge is 0.465 e. The van der Waals surface area contributed by atoms with Crippen LogP contribution >= 0.6 is 11.6 Å². The number of para-hydroxylation sites is 1. The summed E-state index contributed by atoms with van der Waals surface area (Å²) in [6.45, 7) is 1.51. The molecule has 3 aromatic rings. The average Bonchev–Trinajstić information content (AvgIpc) is 2.99. The number of hydrogen-bond acceptors (Lipinski definition) is 6. The van der Waals surface area contributed by atoms with Crippen molar-refractivity contribution in [3.8, 4) is 0 Å². The average molecular weight is 360 g/mol. The lowest BCUT2D eigenvalue weighted by Crippen LogP contribution is -2.06. The van der Waals surface area contributed by atoms with E-state index in [4.69, 9.17) is 20.8 Å². The molecular weight excluding hydrogens is 346 g/mol. The Morgan fingerprint density at radius 2 is 1.92 bits per heavy atom. The maximum atomic E-state index is 12.4. The molecule has 128 valence electrons. The number of carbonyl (C=O) groups is 2. The van der Waals surface area contributed by atoms with Crippen molar-refractivity contribution in [2.75, 3.05) is 7.11 Å². The molecule has 0 radical (unpaired) electrons. The van der Waals surface area contributed by atoms with Gasteiger partial charge in [0.25, 0.3) is 0 Å². The van der Waals surface area contributed by atoms with Gasteiger partial charge in [-0.25, -0.2) is 14.6 Å². The van der Waals surface area contributed by atoms with Gasteiger partial charge in [0.05, 0.1) is 18.2 Å². The van der Waals surface area contributed by atoms with Crippen LogP contribution in [0.25, 0.3) is 10.9 Å². The number of methoxy groups -OCH3 is 1. The predicted molar refractivity (Wildman–Crippen MR) is 90.7 cm³/mol. The Balaban J connectivity index is 1.81. The quantitative estimate of drug-likeness (QED) is 0.518. The Kier molecular flexibility index (Phi) is 4.72. The van der Waals surface area contributed by atoms with E-state index in [0.29, 0.717) is 33.6 Å². The second kappa shape index (κ2) is 6.94. The highest BCUT2D eigenvalue weighted by molar-refractivity contribution is 6.30. The molecule has 0 aliphatic heterocycles. The molecule has 0 bridgehead atoms. The van der Waals surface area contributed by atoms with Gasteiger partial charge in [-0.15, -0.1) is 0 Å². The van der Waals surface area contributed by atoms with Crippen molar-refractivity contribution in [3.05, 3.63) is 64.2 Å². The molecule has 0 fully saturated rings. The third-order valence-corrected chi connectivity index (χ3v) is 3.82. The normalized spacial score (nSPS) is 10.7. The molecule has 0 aliphatic rings. The van der Waals surface area contributed by atoms with Crippen molar-refractivity contribution in [2.24, 2.45) is 0 Å². The second-order valence-corrected chi connectivity index (χ2v) is 5.65. The fraction of sp³-hybridized carbons (Fsp3) is 0.167. The fourth-order valence-corrected chi connectivity index (χ4v) is 2.65. The summed E-state index contributed by atoms with van der Waals surface area (Å²) in [6.07, 6.45) is 0. The SMILES string of the molecule is COC(=O)c1cc(COC(=O)c2cc(Cl)nc3ccccc23)oc1C. The van der Waals surface area contributed by atoms with Gasteiger partial charge in [-0.1, -0.05) is 29.8 Å². The lowest BCUT2D eigenvalue weighted by Gasteiger charge is -2.07. The molecule has 3 rings (SSSR count). The molecule has 0 spiro atoms. The van der Waals surface area contributed by atoms with Gasteiger partial charge in [-0.3, -0.25) is 0 Å². The number of furan rings is 1. The molecule has 0 atom stereocenters. The summed E-state index contributed by atoms with van der Waals surface area (Å²) in [4.78, 5) is 28.2. The minimum absolute atomic E-state index is 0.120. The molecule has 0 saturated carbocycles. The number of hydrogen-bond donors (Lipinski definition) is 0. The number of aromatic nitrogens is 1. The fourth-order valence-electron chi connectivity index (χ4n) is 2.45. The first kappa shape index (κ1) is 17.0. The van der Waals surface area contributed by atoms with Crippen LogP contribution in [-0.4, -0.2) is 24.0 Å². The zero-order valence-electron chi connectivity index (χ0n) is 13.5. The molecule has 0 aliphatic carbocycles. The second-order valence-electron chi connectivity index (χ2n) is 5.26. The first-order valence-corrected chi connectivity index (χ1v) is 7.77. The number of rotatable bonds is 4. The van der Waals surface area contributed by atoms with Crippen LogP contribution in [0.3, 0.4) is 0 Å². The summed E-state index contributed by atoms with van der Waals surface area (Å²) in [7, 11) is 1.28. The predicted octanol–water partition coefficient (Wildman–Crippen LogP) is 3.93. The Bertz CT molecular complexity index is 963. The van der Waals surface area contributed by atoms with E-state index in [2.05, 4.69) is 9.72 Å². The Morgan fingerprint density at radius 1 is 1.16 bits per heavy atom. The molecule has 0 N–H and O–H groups in total. The van der Waals surface area contributed by atoms with Crippen LogP contribution in [0.4, 0.5) is 0 Å². The van der Waals surface area contributed by atoms with Gasteiger partial charge in [0, 0.05) is 5.39 Å². The number of ether oxygens (including phenoxy) is 2. The van der Waals surface area contributed by atoms with Gasteiger partial charge in [-0.05, 0) is 25.1 Å². The molecular formula is C18H14ClNO5. The first-order chi connectivity index (χ1) is 12.0. The maximum absolute atomic E-state index is 12.4. The zero-order chi connectivity index (χ0) is 18.0. The highest BCUT2D eigenvalue weighted by atomic mass is 35.5. The van der Waals surface area contributed by atoms with E-state index in [1.54, 1.807) is 31.2 Å². The van der Waals surface area contributed by atoms with Gasteiger partial charge in [-0.2, -0.15) is 0 Å². The lowest BCUT2D eigenvalue weighted by atomic mass is 10.1. The maximum Gasteiger partial charge on any atom is 0.341 e. The van der Waals surface area contributed by atoms with Crippen molar-refractivity contribution in [1.82, 2.24) is 4.98 Å². The highest BCUT2D eigenvalue weighted by Crippen LogP contribution is 2.22. The molecule has 0 amide bonds. The lowest BCUT2D eigenvalue weighted by molar-refractivity contribution is 0.0446. The number of esters is 2. The van der Waals surface area contributed by atoms with Gasteiger partial charge in [0.2, 0.25) is 0 Å². The van der Waals surface area contributed by atoms with E-state index < -0.39 is 11.9 Å². The Labute approximate surface area is 148 Å². The summed E-state index contributed by atoms with van der Waals surface area (Å²) in [5, 5.41) is 0.843. The number of carbonyl (C=O) groups excluding carboxylic acids is 2. The number of fused-ring (bicyclic) bond motifs is 1. The summed E-state index contributed by atoms with van der Waals surface area (Å²) >= 11 is 5.97. The zero-order valence-corrected chi connectivity index (χ0v) is 14.3. The van der Waals surface area contributed by atoms with Crippen molar-refractivity contribution >= 4 is 34.4 Å². The third kappa shape index (κ3) is 3.49. The van der Waals surface area contributed by atoms with E-state index in [0.717, 1.165) is 0 Å². The molecule has 0 saturated heterocycles. The monoisotopic (exact) mass is 359 g/mol. The van der Waals surface area contributed by atoms with Crippen LogP contribution in [0.2, 0.25) is 5.15 Å². The molecule has 2 aromatic heterocycles. The minimum Gasteiger partial charge on any atom is -0.465 e. The number of halogens is 1. The standard InChI is InChI=1S/C18H14ClNO5/c1-10-13(17(21)23-2)7-11(25-10)9-24-18(22)14-8-16(19)20-15-6-4-3-5-12(14)15/h3-8H,9H2,1-2H3.